The van der Waals surface area contributed by atoms with Crippen molar-refractivity contribution in [2.75, 3.05) is 0 Å². The summed E-state index contributed by atoms with van der Waals surface area (Å²) in [4.78, 5) is 12.6. The molecule has 1 heterocycles. The molecule has 7 heteroatoms. The minimum absolute atomic E-state index is 0.0203. The van der Waals surface area contributed by atoms with Crippen molar-refractivity contribution in [1.82, 2.24) is 0 Å². The van der Waals surface area contributed by atoms with Crippen molar-refractivity contribution in [3.63, 3.8) is 0 Å². The summed E-state index contributed by atoms with van der Waals surface area (Å²) in [7, 11) is 0. The number of phenols is 4. The van der Waals surface area contributed by atoms with Gasteiger partial charge in [0.2, 0.25) is 0 Å². The third-order valence-corrected chi connectivity index (χ3v) is 5.58. The Hall–Kier alpha value is -3.19. The molecule has 0 spiro atoms. The Labute approximate surface area is 187 Å². The van der Waals surface area contributed by atoms with E-state index in [1.54, 1.807) is 19.9 Å². The van der Waals surface area contributed by atoms with Gasteiger partial charge in [-0.25, -0.2) is 0 Å². The lowest BCUT2D eigenvalue weighted by Gasteiger charge is -2.26. The van der Waals surface area contributed by atoms with Crippen LogP contribution in [-0.2, 0) is 6.42 Å². The van der Waals surface area contributed by atoms with Gasteiger partial charge in [-0.3, -0.25) is 4.79 Å². The van der Waals surface area contributed by atoms with Crippen LogP contribution in [0.1, 0.15) is 74.0 Å². The molecule has 0 radical (unpaired) electrons. The quantitative estimate of drug-likeness (QED) is 0.312. The Morgan fingerprint density at radius 3 is 2.53 bits per heavy atom. The number of carbonyl (C=O) groups excluding carboxylic acids is 1. The Kier molecular flexibility index (Phi) is 6.69. The highest BCUT2D eigenvalue weighted by atomic mass is 16.5. The average Bonchev–Trinajstić information content (AvgIpc) is 2.67. The minimum Gasteiger partial charge on any atom is -0.508 e. The monoisotopic (exact) mass is 442 g/mol. The van der Waals surface area contributed by atoms with E-state index in [0.717, 1.165) is 24.5 Å². The Balaban J connectivity index is 1.80. The smallest absolute Gasteiger partial charge is 0.174 e. The average molecular weight is 443 g/mol. The number of ketones is 1. The first kappa shape index (κ1) is 23.5. The zero-order valence-electron chi connectivity index (χ0n) is 18.6. The number of hydrogen-bond acceptors (Lipinski definition) is 7. The fraction of sp³-hybridized carbons (Fsp3) is 0.400. The van der Waals surface area contributed by atoms with Crippen LogP contribution in [0.4, 0.5) is 0 Å². The van der Waals surface area contributed by atoms with E-state index in [4.69, 9.17) is 4.74 Å². The van der Waals surface area contributed by atoms with Gasteiger partial charge < -0.3 is 30.3 Å². The van der Waals surface area contributed by atoms with E-state index in [-0.39, 0.29) is 46.5 Å². The fourth-order valence-corrected chi connectivity index (χ4v) is 3.84. The van der Waals surface area contributed by atoms with Gasteiger partial charge in [0, 0.05) is 17.7 Å². The molecule has 1 aliphatic heterocycles. The summed E-state index contributed by atoms with van der Waals surface area (Å²) in [5.41, 5.74) is 1.41. The summed E-state index contributed by atoms with van der Waals surface area (Å²) in [6.07, 6.45) is 3.86. The lowest BCUT2D eigenvalue weighted by Crippen LogP contribution is -2.20. The van der Waals surface area contributed by atoms with Gasteiger partial charge in [0.15, 0.2) is 17.3 Å². The molecule has 172 valence electrons. The van der Waals surface area contributed by atoms with Gasteiger partial charge in [-0.05, 0) is 64.2 Å². The van der Waals surface area contributed by atoms with E-state index in [9.17, 15) is 30.3 Å². The highest BCUT2D eigenvalue weighted by Crippen LogP contribution is 2.43. The van der Waals surface area contributed by atoms with E-state index in [2.05, 4.69) is 0 Å². The van der Waals surface area contributed by atoms with E-state index in [1.807, 2.05) is 13.0 Å². The summed E-state index contributed by atoms with van der Waals surface area (Å²) in [5, 5.41) is 50.1. The number of benzene rings is 2. The van der Waals surface area contributed by atoms with E-state index >= 15 is 0 Å². The molecule has 1 atom stereocenters. The maximum atomic E-state index is 12.6. The molecule has 0 aliphatic carbocycles. The SMILES string of the molecule is C/C(=C/Cc1cc([C@@H]2CC(=O)c3c(O)cc(O)cc3O2)cc(O)c1O)CCCC(C)(C)O. The van der Waals surface area contributed by atoms with Gasteiger partial charge in [0.25, 0.3) is 0 Å². The third kappa shape index (κ3) is 5.53. The lowest BCUT2D eigenvalue weighted by atomic mass is 9.93. The van der Waals surface area contributed by atoms with Crippen LogP contribution in [0.2, 0.25) is 0 Å². The summed E-state index contributed by atoms with van der Waals surface area (Å²) < 4.78 is 5.84. The second-order valence-corrected chi connectivity index (χ2v) is 9.04. The Morgan fingerprint density at radius 1 is 1.12 bits per heavy atom. The summed E-state index contributed by atoms with van der Waals surface area (Å²) in [6.45, 7) is 5.53. The second kappa shape index (κ2) is 9.12. The van der Waals surface area contributed by atoms with Crippen LogP contribution in [0.5, 0.6) is 28.7 Å². The van der Waals surface area contributed by atoms with Gasteiger partial charge in [0.05, 0.1) is 12.0 Å². The highest BCUT2D eigenvalue weighted by Gasteiger charge is 2.31. The molecular formula is C25H30O7. The van der Waals surface area contributed by atoms with E-state index in [0.29, 0.717) is 24.0 Å². The normalized spacial score (nSPS) is 16.6. The van der Waals surface area contributed by atoms with Gasteiger partial charge in [-0.1, -0.05) is 11.6 Å². The first-order valence-electron chi connectivity index (χ1n) is 10.6. The number of aliphatic hydroxyl groups is 1. The van der Waals surface area contributed by atoms with E-state index in [1.165, 1.54) is 12.1 Å². The predicted octanol–water partition coefficient (Wildman–Crippen LogP) is 4.65. The molecule has 2 aromatic rings. The molecule has 32 heavy (non-hydrogen) atoms. The lowest BCUT2D eigenvalue weighted by molar-refractivity contribution is 0.0689. The zero-order valence-corrected chi connectivity index (χ0v) is 18.6. The number of rotatable bonds is 7. The molecule has 5 N–H and O–H groups in total. The number of fused-ring (bicyclic) bond motifs is 1. The number of aromatic hydroxyl groups is 4. The minimum atomic E-state index is -0.738. The Bertz CT molecular complexity index is 1050. The van der Waals surface area contributed by atoms with Gasteiger partial charge in [0.1, 0.15) is 28.9 Å². The van der Waals surface area contributed by atoms with Crippen LogP contribution in [0.25, 0.3) is 0 Å². The standard InChI is InChI=1S/C25H30O7/c1-14(5-4-8-25(2,3)31)6-7-15-9-16(10-20(29)24(15)30)21-13-19(28)23-18(27)11-17(26)12-22(23)32-21/h6,9-12,21,26-27,29-31H,4-5,7-8,13H2,1-3H3/b14-6-/t21-/m0/s1. The maximum absolute atomic E-state index is 12.6. The van der Waals surface area contributed by atoms with Crippen LogP contribution < -0.4 is 4.74 Å². The van der Waals surface area contributed by atoms with Crippen molar-refractivity contribution >= 4 is 5.78 Å². The van der Waals surface area contributed by atoms with Gasteiger partial charge in [-0.2, -0.15) is 0 Å². The van der Waals surface area contributed by atoms with E-state index < -0.39 is 11.7 Å². The molecule has 0 saturated carbocycles. The van der Waals surface area contributed by atoms with Crippen molar-refractivity contribution in [3.05, 3.63) is 52.6 Å². The molecule has 0 bridgehead atoms. The first-order chi connectivity index (χ1) is 14.9. The van der Waals surface area contributed by atoms with Crippen LogP contribution in [0, 0.1) is 0 Å². The number of Topliss-reactive ketones (excluding diaryl/α,β-unsaturated/α-hetero) is 1. The van der Waals surface area contributed by atoms with Crippen LogP contribution >= 0.6 is 0 Å². The van der Waals surface area contributed by atoms with Crippen molar-refractivity contribution in [2.45, 2.75) is 64.6 Å². The van der Waals surface area contributed by atoms with Crippen LogP contribution in [0.3, 0.4) is 0 Å². The topological polar surface area (TPSA) is 127 Å². The summed E-state index contributed by atoms with van der Waals surface area (Å²) in [5.74, 6) is -1.39. The number of allylic oxidation sites excluding steroid dienone is 2. The van der Waals surface area contributed by atoms with Crippen molar-refractivity contribution < 1.29 is 35.1 Å². The molecular weight excluding hydrogens is 412 g/mol. The molecule has 0 fully saturated rings. The van der Waals surface area contributed by atoms with Crippen molar-refractivity contribution in [1.29, 1.82) is 0 Å². The zero-order chi connectivity index (χ0) is 23.6. The molecule has 0 aromatic heterocycles. The van der Waals surface area contributed by atoms with Gasteiger partial charge >= 0.3 is 0 Å². The second-order valence-electron chi connectivity index (χ2n) is 9.04. The predicted molar refractivity (Wildman–Crippen MR) is 119 cm³/mol. The molecule has 0 unspecified atom stereocenters. The maximum Gasteiger partial charge on any atom is 0.174 e. The van der Waals surface area contributed by atoms with Gasteiger partial charge in [-0.15, -0.1) is 0 Å². The molecule has 0 amide bonds. The van der Waals surface area contributed by atoms with Crippen LogP contribution in [0.15, 0.2) is 35.9 Å². The Morgan fingerprint density at radius 2 is 1.84 bits per heavy atom. The first-order valence-corrected chi connectivity index (χ1v) is 10.6. The fourth-order valence-electron chi connectivity index (χ4n) is 3.84. The summed E-state index contributed by atoms with van der Waals surface area (Å²) >= 11 is 0. The molecule has 7 nitrogen and oxygen atoms in total. The number of hydrogen-bond donors (Lipinski definition) is 5. The molecule has 0 saturated heterocycles. The largest absolute Gasteiger partial charge is 0.508 e. The number of phenolic OH excluding ortho intramolecular Hbond substituents is 4. The van der Waals surface area contributed by atoms with Crippen molar-refractivity contribution in [3.8, 4) is 28.7 Å². The van der Waals surface area contributed by atoms with Crippen LogP contribution in [-0.4, -0.2) is 36.9 Å². The number of carbonyl (C=O) groups is 1. The number of ether oxygens (including phenoxy) is 1. The molecule has 3 rings (SSSR count). The van der Waals surface area contributed by atoms with Crippen molar-refractivity contribution in [2.24, 2.45) is 0 Å². The molecule has 1 aliphatic rings. The molecule has 2 aromatic carbocycles. The summed E-state index contributed by atoms with van der Waals surface area (Å²) in [6, 6.07) is 5.38. The highest BCUT2D eigenvalue weighted by molar-refractivity contribution is 6.02. The third-order valence-electron chi connectivity index (χ3n) is 5.58.